The molecule has 3 unspecified atom stereocenters. The van der Waals surface area contributed by atoms with E-state index in [0.29, 0.717) is 0 Å². The first-order valence-corrected chi connectivity index (χ1v) is 9.35. The molecule has 0 aliphatic carbocycles. The summed E-state index contributed by atoms with van der Waals surface area (Å²) in [6, 6.07) is 0. The Morgan fingerprint density at radius 3 is 2.00 bits per heavy atom. The first-order valence-electron chi connectivity index (χ1n) is 6.86. The molecule has 0 spiro atoms. The second kappa shape index (κ2) is 11.5. The summed E-state index contributed by atoms with van der Waals surface area (Å²) in [4.78, 5) is 0. The van der Waals surface area contributed by atoms with Crippen molar-refractivity contribution in [2.45, 2.75) is 80.0 Å². The zero-order valence-electron chi connectivity index (χ0n) is 11.1. The molecule has 0 aromatic carbocycles. The van der Waals surface area contributed by atoms with E-state index in [1.54, 1.807) is 0 Å². The van der Waals surface area contributed by atoms with Gasteiger partial charge in [-0.1, -0.05) is 98.1 Å². The maximum atomic E-state index is 2.66. The zero-order valence-corrected chi connectivity index (χ0v) is 15.5. The SMILES string of the molecule is CCCCC(I)C(C)CCCCCC(C)I. The first kappa shape index (κ1) is 17.5. The van der Waals surface area contributed by atoms with Crippen molar-refractivity contribution >= 4 is 45.2 Å². The summed E-state index contributed by atoms with van der Waals surface area (Å²) in [6.45, 7) is 7.04. The number of rotatable bonds is 10. The summed E-state index contributed by atoms with van der Waals surface area (Å²) in [7, 11) is 0. The average Bonchev–Trinajstić information content (AvgIpc) is 2.24. The number of unbranched alkanes of at least 4 members (excludes halogenated alkanes) is 3. The van der Waals surface area contributed by atoms with E-state index < -0.39 is 0 Å². The lowest BCUT2D eigenvalue weighted by Crippen LogP contribution is -2.10. The monoisotopic (exact) mass is 450 g/mol. The van der Waals surface area contributed by atoms with Crippen LogP contribution in [-0.2, 0) is 0 Å². The molecule has 3 atom stereocenters. The minimum Gasteiger partial charge on any atom is -0.0829 e. The fraction of sp³-hybridized carbons (Fsp3) is 1.00. The molecular formula is C14H28I2. The fourth-order valence-electron chi connectivity index (χ4n) is 1.93. The van der Waals surface area contributed by atoms with Crippen LogP contribution in [0.2, 0.25) is 0 Å². The maximum absolute atomic E-state index is 2.66. The van der Waals surface area contributed by atoms with Crippen LogP contribution in [0.5, 0.6) is 0 Å². The smallest absolute Gasteiger partial charge is 0.0135 e. The van der Waals surface area contributed by atoms with E-state index in [2.05, 4.69) is 66.0 Å². The maximum Gasteiger partial charge on any atom is 0.0135 e. The summed E-state index contributed by atoms with van der Waals surface area (Å²) < 4.78 is 1.76. The molecule has 0 N–H and O–H groups in total. The highest BCUT2D eigenvalue weighted by Gasteiger charge is 2.12. The lowest BCUT2D eigenvalue weighted by molar-refractivity contribution is 0.460. The van der Waals surface area contributed by atoms with Crippen molar-refractivity contribution in [3.63, 3.8) is 0 Å². The van der Waals surface area contributed by atoms with Gasteiger partial charge in [0.1, 0.15) is 0 Å². The molecule has 98 valence electrons. The van der Waals surface area contributed by atoms with Crippen molar-refractivity contribution in [2.75, 3.05) is 0 Å². The van der Waals surface area contributed by atoms with E-state index in [4.69, 9.17) is 0 Å². The Morgan fingerprint density at radius 2 is 1.44 bits per heavy atom. The van der Waals surface area contributed by atoms with Gasteiger partial charge in [-0.25, -0.2) is 0 Å². The number of halogens is 2. The second-order valence-corrected chi connectivity index (χ2v) is 8.78. The third-order valence-corrected chi connectivity index (χ3v) is 5.69. The quantitative estimate of drug-likeness (QED) is 0.206. The van der Waals surface area contributed by atoms with Gasteiger partial charge in [-0.15, -0.1) is 0 Å². The topological polar surface area (TPSA) is 0 Å². The van der Waals surface area contributed by atoms with E-state index in [-0.39, 0.29) is 0 Å². The van der Waals surface area contributed by atoms with Gasteiger partial charge < -0.3 is 0 Å². The van der Waals surface area contributed by atoms with Gasteiger partial charge in [0.25, 0.3) is 0 Å². The molecular weight excluding hydrogens is 422 g/mol. The highest BCUT2D eigenvalue weighted by Crippen LogP contribution is 2.24. The van der Waals surface area contributed by atoms with Crippen LogP contribution in [0.4, 0.5) is 0 Å². The van der Waals surface area contributed by atoms with Crippen LogP contribution in [0.3, 0.4) is 0 Å². The van der Waals surface area contributed by atoms with Crippen molar-refractivity contribution in [1.29, 1.82) is 0 Å². The van der Waals surface area contributed by atoms with E-state index in [9.17, 15) is 0 Å². The lowest BCUT2D eigenvalue weighted by atomic mass is 9.96. The van der Waals surface area contributed by atoms with E-state index >= 15 is 0 Å². The van der Waals surface area contributed by atoms with Gasteiger partial charge in [0.2, 0.25) is 0 Å². The third-order valence-electron chi connectivity index (χ3n) is 3.21. The summed E-state index contributed by atoms with van der Waals surface area (Å²) >= 11 is 5.19. The second-order valence-electron chi connectivity index (χ2n) is 5.05. The minimum atomic E-state index is 0.858. The van der Waals surface area contributed by atoms with Crippen molar-refractivity contribution < 1.29 is 0 Å². The highest BCUT2D eigenvalue weighted by atomic mass is 127. The van der Waals surface area contributed by atoms with Gasteiger partial charge in [-0.05, 0) is 25.2 Å². The Balaban J connectivity index is 3.38. The standard InChI is InChI=1S/C14H28I2/c1-4-5-11-14(16)12(2)9-7-6-8-10-13(3)15/h12-14H,4-11H2,1-3H3. The molecule has 0 rings (SSSR count). The number of hydrogen-bond donors (Lipinski definition) is 0. The van der Waals surface area contributed by atoms with Gasteiger partial charge in [-0.3, -0.25) is 0 Å². The van der Waals surface area contributed by atoms with Crippen molar-refractivity contribution in [3.8, 4) is 0 Å². The van der Waals surface area contributed by atoms with Crippen LogP contribution in [0, 0.1) is 5.92 Å². The Kier molecular flexibility index (Phi) is 12.6. The minimum absolute atomic E-state index is 0.858. The van der Waals surface area contributed by atoms with Gasteiger partial charge in [0.15, 0.2) is 0 Å². The van der Waals surface area contributed by atoms with Crippen LogP contribution in [0.1, 0.15) is 72.1 Å². The predicted octanol–water partition coefficient (Wildman–Crippen LogP) is 6.39. The van der Waals surface area contributed by atoms with Gasteiger partial charge >= 0.3 is 0 Å². The molecule has 0 aromatic heterocycles. The van der Waals surface area contributed by atoms with E-state index in [1.807, 2.05) is 0 Å². The largest absolute Gasteiger partial charge is 0.0829 e. The van der Waals surface area contributed by atoms with Crippen LogP contribution in [0.25, 0.3) is 0 Å². The molecule has 0 nitrogen and oxygen atoms in total. The molecule has 2 heteroatoms. The Hall–Kier alpha value is 1.46. The van der Waals surface area contributed by atoms with Crippen LogP contribution < -0.4 is 0 Å². The molecule has 0 aromatic rings. The van der Waals surface area contributed by atoms with Crippen molar-refractivity contribution in [3.05, 3.63) is 0 Å². The summed E-state index contributed by atoms with van der Waals surface area (Å²) in [5.41, 5.74) is 0. The van der Waals surface area contributed by atoms with Crippen molar-refractivity contribution in [1.82, 2.24) is 0 Å². The van der Waals surface area contributed by atoms with Crippen molar-refractivity contribution in [2.24, 2.45) is 5.92 Å². The van der Waals surface area contributed by atoms with E-state index in [1.165, 1.54) is 51.4 Å². The summed E-state index contributed by atoms with van der Waals surface area (Å²) in [5, 5.41) is 0. The number of alkyl halides is 2. The molecule has 0 aliphatic rings. The molecule has 0 saturated heterocycles. The Morgan fingerprint density at radius 1 is 0.812 bits per heavy atom. The Bertz CT molecular complexity index is 146. The summed E-state index contributed by atoms with van der Waals surface area (Å²) in [5.74, 6) is 0.921. The number of hydrogen-bond acceptors (Lipinski definition) is 0. The predicted molar refractivity (Wildman–Crippen MR) is 93.1 cm³/mol. The third kappa shape index (κ3) is 10.6. The molecule has 0 bridgehead atoms. The molecule has 0 aliphatic heterocycles. The normalized spacial score (nSPS) is 17.1. The molecule has 0 radical (unpaired) electrons. The van der Waals surface area contributed by atoms with E-state index in [0.717, 1.165) is 13.8 Å². The molecule has 0 heterocycles. The first-order chi connectivity index (χ1) is 7.57. The van der Waals surface area contributed by atoms with Crippen LogP contribution in [-0.4, -0.2) is 7.85 Å². The van der Waals surface area contributed by atoms with Gasteiger partial charge in [0, 0.05) is 7.85 Å². The van der Waals surface area contributed by atoms with Gasteiger partial charge in [0.05, 0.1) is 0 Å². The molecule has 16 heavy (non-hydrogen) atoms. The highest BCUT2D eigenvalue weighted by molar-refractivity contribution is 14.1. The van der Waals surface area contributed by atoms with Crippen LogP contribution in [0.15, 0.2) is 0 Å². The molecule has 0 fully saturated rings. The lowest BCUT2D eigenvalue weighted by Gasteiger charge is -2.18. The Labute approximate surface area is 130 Å². The molecule has 0 amide bonds. The van der Waals surface area contributed by atoms with Gasteiger partial charge in [-0.2, -0.15) is 0 Å². The molecule has 0 saturated carbocycles. The fourth-order valence-corrected chi connectivity index (χ4v) is 3.17. The zero-order chi connectivity index (χ0) is 12.4. The summed E-state index contributed by atoms with van der Waals surface area (Å²) in [6.07, 6.45) is 11.3. The van der Waals surface area contributed by atoms with Crippen LogP contribution >= 0.6 is 45.2 Å². The average molecular weight is 450 g/mol.